The quantitative estimate of drug-likeness (QED) is 0.452. The first kappa shape index (κ1) is 19.7. The lowest BCUT2D eigenvalue weighted by molar-refractivity contribution is 0.0953. The zero-order chi connectivity index (χ0) is 20.4. The summed E-state index contributed by atoms with van der Waals surface area (Å²) in [6, 6.07) is 16.2. The Morgan fingerprint density at radius 1 is 0.931 bits per heavy atom. The van der Waals surface area contributed by atoms with Crippen LogP contribution in [0.25, 0.3) is 17.0 Å². The SMILES string of the molecule is O=C(NCCc1ccc(Cl)cc1)c1ccc2nnc(-c3ccc(Cl)cc3Cl)n2c1. The Morgan fingerprint density at radius 2 is 1.69 bits per heavy atom. The minimum Gasteiger partial charge on any atom is -0.352 e. The van der Waals surface area contributed by atoms with Crippen LogP contribution in [0.1, 0.15) is 15.9 Å². The molecule has 0 spiro atoms. The van der Waals surface area contributed by atoms with Crippen LogP contribution in [0, 0.1) is 0 Å². The van der Waals surface area contributed by atoms with Crippen LogP contribution in [0.5, 0.6) is 0 Å². The molecule has 0 radical (unpaired) electrons. The van der Waals surface area contributed by atoms with Gasteiger partial charge in [0.2, 0.25) is 0 Å². The number of carbonyl (C=O) groups excluding carboxylic acids is 1. The summed E-state index contributed by atoms with van der Waals surface area (Å²) in [5.41, 5.74) is 2.90. The second kappa shape index (κ2) is 8.41. The Labute approximate surface area is 182 Å². The van der Waals surface area contributed by atoms with Crippen LogP contribution in [-0.2, 0) is 6.42 Å². The summed E-state index contributed by atoms with van der Waals surface area (Å²) in [5, 5.41) is 13.0. The van der Waals surface area contributed by atoms with Gasteiger partial charge in [-0.3, -0.25) is 9.20 Å². The number of hydrogen-bond acceptors (Lipinski definition) is 3. The lowest BCUT2D eigenvalue weighted by Crippen LogP contribution is -2.25. The minimum absolute atomic E-state index is 0.178. The van der Waals surface area contributed by atoms with E-state index in [2.05, 4.69) is 15.5 Å². The number of halogens is 3. The largest absolute Gasteiger partial charge is 0.352 e. The molecule has 4 rings (SSSR count). The van der Waals surface area contributed by atoms with Crippen molar-refractivity contribution in [1.82, 2.24) is 19.9 Å². The van der Waals surface area contributed by atoms with Gasteiger partial charge < -0.3 is 5.32 Å². The van der Waals surface area contributed by atoms with Crippen molar-refractivity contribution in [3.8, 4) is 11.4 Å². The van der Waals surface area contributed by atoms with Crippen LogP contribution in [0.4, 0.5) is 0 Å². The van der Waals surface area contributed by atoms with Crippen molar-refractivity contribution >= 4 is 46.4 Å². The van der Waals surface area contributed by atoms with E-state index in [0.717, 1.165) is 5.56 Å². The summed E-state index contributed by atoms with van der Waals surface area (Å²) in [6.45, 7) is 0.510. The summed E-state index contributed by atoms with van der Waals surface area (Å²) >= 11 is 18.2. The predicted octanol–water partition coefficient (Wildman–Crippen LogP) is 5.33. The first-order valence-corrected chi connectivity index (χ1v) is 9.97. The first-order valence-electron chi connectivity index (χ1n) is 8.84. The summed E-state index contributed by atoms with van der Waals surface area (Å²) in [5.74, 6) is 0.361. The number of nitrogens with one attached hydrogen (secondary N) is 1. The molecule has 146 valence electrons. The van der Waals surface area contributed by atoms with Gasteiger partial charge in [-0.25, -0.2) is 0 Å². The van der Waals surface area contributed by atoms with Gasteiger partial charge in [-0.05, 0) is 54.4 Å². The van der Waals surface area contributed by atoms with E-state index in [4.69, 9.17) is 34.8 Å². The molecule has 0 saturated carbocycles. The number of rotatable bonds is 5. The highest BCUT2D eigenvalue weighted by molar-refractivity contribution is 6.36. The van der Waals surface area contributed by atoms with Crippen LogP contribution >= 0.6 is 34.8 Å². The van der Waals surface area contributed by atoms with Gasteiger partial charge in [0.25, 0.3) is 5.91 Å². The highest BCUT2D eigenvalue weighted by atomic mass is 35.5. The predicted molar refractivity (Wildman–Crippen MR) is 116 cm³/mol. The lowest BCUT2D eigenvalue weighted by atomic mass is 10.1. The van der Waals surface area contributed by atoms with E-state index in [0.29, 0.717) is 50.6 Å². The Hall–Kier alpha value is -2.60. The molecule has 29 heavy (non-hydrogen) atoms. The van der Waals surface area contributed by atoms with Gasteiger partial charge in [0, 0.05) is 28.4 Å². The third-order valence-corrected chi connectivity index (χ3v) is 5.25. The zero-order valence-corrected chi connectivity index (χ0v) is 17.3. The normalized spacial score (nSPS) is 11.0. The second-order valence-electron chi connectivity index (χ2n) is 6.43. The number of pyridine rings is 1. The molecule has 0 bridgehead atoms. The van der Waals surface area contributed by atoms with Crippen LogP contribution < -0.4 is 5.32 Å². The Bertz CT molecular complexity index is 1190. The number of nitrogens with zero attached hydrogens (tertiary/aromatic N) is 3. The van der Waals surface area contributed by atoms with Gasteiger partial charge in [0.15, 0.2) is 11.5 Å². The molecule has 0 aliphatic rings. The molecular formula is C21H15Cl3N4O. The molecule has 0 fully saturated rings. The monoisotopic (exact) mass is 444 g/mol. The van der Waals surface area contributed by atoms with Crippen LogP contribution in [0.2, 0.25) is 15.1 Å². The fourth-order valence-electron chi connectivity index (χ4n) is 2.95. The molecule has 0 aliphatic carbocycles. The molecule has 5 nitrogen and oxygen atoms in total. The third kappa shape index (κ3) is 4.37. The van der Waals surface area contributed by atoms with Gasteiger partial charge in [0.05, 0.1) is 10.6 Å². The fourth-order valence-corrected chi connectivity index (χ4v) is 3.57. The van der Waals surface area contributed by atoms with Crippen LogP contribution in [-0.4, -0.2) is 27.0 Å². The number of carbonyl (C=O) groups is 1. The van der Waals surface area contributed by atoms with Gasteiger partial charge >= 0.3 is 0 Å². The second-order valence-corrected chi connectivity index (χ2v) is 7.71. The molecule has 0 aliphatic heterocycles. The Balaban J connectivity index is 1.53. The van der Waals surface area contributed by atoms with Crippen molar-refractivity contribution in [2.45, 2.75) is 6.42 Å². The standard InChI is InChI=1S/C21H15Cl3N4O/c22-15-4-1-13(2-5-15)9-10-25-21(29)14-3-8-19-26-27-20(28(19)12-14)17-7-6-16(23)11-18(17)24/h1-8,11-12H,9-10H2,(H,25,29). The number of amides is 1. The topological polar surface area (TPSA) is 59.3 Å². The van der Waals surface area contributed by atoms with Crippen molar-refractivity contribution < 1.29 is 4.79 Å². The van der Waals surface area contributed by atoms with Crippen molar-refractivity contribution in [1.29, 1.82) is 0 Å². The summed E-state index contributed by atoms with van der Waals surface area (Å²) in [4.78, 5) is 12.6. The van der Waals surface area contributed by atoms with E-state index < -0.39 is 0 Å². The number of hydrogen-bond donors (Lipinski definition) is 1. The molecule has 4 aromatic rings. The molecule has 2 aromatic heterocycles. The maximum Gasteiger partial charge on any atom is 0.252 e. The zero-order valence-electron chi connectivity index (χ0n) is 15.1. The van der Waals surface area contributed by atoms with Gasteiger partial charge in [-0.1, -0.05) is 46.9 Å². The van der Waals surface area contributed by atoms with E-state index in [9.17, 15) is 4.79 Å². The maximum atomic E-state index is 12.6. The van der Waals surface area contributed by atoms with Crippen molar-refractivity contribution in [2.24, 2.45) is 0 Å². The molecule has 0 saturated heterocycles. The molecule has 0 unspecified atom stereocenters. The highest BCUT2D eigenvalue weighted by Crippen LogP contribution is 2.29. The van der Waals surface area contributed by atoms with Crippen LogP contribution in [0.3, 0.4) is 0 Å². The first-order chi connectivity index (χ1) is 14.0. The summed E-state index contributed by atoms with van der Waals surface area (Å²) < 4.78 is 1.74. The molecular weight excluding hydrogens is 431 g/mol. The van der Waals surface area contributed by atoms with E-state index in [1.165, 1.54) is 0 Å². The van der Waals surface area contributed by atoms with E-state index in [1.807, 2.05) is 24.3 Å². The molecule has 2 aromatic carbocycles. The lowest BCUT2D eigenvalue weighted by Gasteiger charge is -2.07. The Morgan fingerprint density at radius 3 is 2.45 bits per heavy atom. The average molecular weight is 446 g/mol. The van der Waals surface area contributed by atoms with Crippen molar-refractivity contribution in [3.63, 3.8) is 0 Å². The fraction of sp³-hybridized carbons (Fsp3) is 0.0952. The van der Waals surface area contributed by atoms with E-state index >= 15 is 0 Å². The van der Waals surface area contributed by atoms with Gasteiger partial charge in [-0.15, -0.1) is 10.2 Å². The van der Waals surface area contributed by atoms with Crippen molar-refractivity contribution in [2.75, 3.05) is 6.54 Å². The van der Waals surface area contributed by atoms with Gasteiger partial charge in [0.1, 0.15) is 0 Å². The Kier molecular flexibility index (Phi) is 5.72. The van der Waals surface area contributed by atoms with E-state index in [-0.39, 0.29) is 5.91 Å². The molecule has 2 heterocycles. The number of benzene rings is 2. The van der Waals surface area contributed by atoms with Crippen molar-refractivity contribution in [3.05, 3.63) is 87.0 Å². The smallest absolute Gasteiger partial charge is 0.252 e. The molecule has 1 amide bonds. The highest BCUT2D eigenvalue weighted by Gasteiger charge is 2.14. The minimum atomic E-state index is -0.178. The molecule has 0 atom stereocenters. The van der Waals surface area contributed by atoms with E-state index in [1.54, 1.807) is 40.9 Å². The van der Waals surface area contributed by atoms with Gasteiger partial charge in [-0.2, -0.15) is 0 Å². The molecule has 1 N–H and O–H groups in total. The number of aromatic nitrogens is 3. The third-order valence-electron chi connectivity index (χ3n) is 4.45. The summed E-state index contributed by atoms with van der Waals surface area (Å²) in [6.07, 6.45) is 2.41. The number of fused-ring (bicyclic) bond motifs is 1. The molecule has 8 heteroatoms. The van der Waals surface area contributed by atoms with Crippen LogP contribution in [0.15, 0.2) is 60.8 Å². The summed E-state index contributed by atoms with van der Waals surface area (Å²) in [7, 11) is 0. The maximum absolute atomic E-state index is 12.6. The average Bonchev–Trinajstić information content (AvgIpc) is 3.12.